The zero-order chi connectivity index (χ0) is 21.5. The first-order valence-corrected chi connectivity index (χ1v) is 10.8. The van der Waals surface area contributed by atoms with Crippen molar-refractivity contribution in [3.05, 3.63) is 52.8 Å². The molecule has 154 valence electrons. The normalized spacial score (nSPS) is 13.1. The molecule has 0 aliphatic rings. The largest absolute Gasteiger partial charge is 0.345 e. The molecule has 3 rings (SSSR count). The monoisotopic (exact) mass is 415 g/mol. The van der Waals surface area contributed by atoms with Crippen LogP contribution in [0.25, 0.3) is 11.0 Å². The van der Waals surface area contributed by atoms with E-state index in [-0.39, 0.29) is 22.8 Å². The molecule has 2 heterocycles. The number of sulfonamides is 1. The van der Waals surface area contributed by atoms with Gasteiger partial charge in [-0.15, -0.1) is 0 Å². The number of nitrogens with zero attached hydrogens (tertiary/aromatic N) is 3. The molecule has 2 aromatic heterocycles. The van der Waals surface area contributed by atoms with Crippen molar-refractivity contribution in [2.45, 2.75) is 44.6 Å². The molecule has 3 N–H and O–H groups in total. The second-order valence-electron chi connectivity index (χ2n) is 7.47. The number of hydrogen-bond donors (Lipinski definition) is 2. The minimum Gasteiger partial charge on any atom is -0.345 e. The molecule has 1 aromatic carbocycles. The van der Waals surface area contributed by atoms with Crippen molar-refractivity contribution in [3.8, 4) is 0 Å². The lowest BCUT2D eigenvalue weighted by Gasteiger charge is -2.16. The van der Waals surface area contributed by atoms with Gasteiger partial charge in [-0.3, -0.25) is 9.48 Å². The molecule has 0 fully saturated rings. The van der Waals surface area contributed by atoms with Crippen molar-refractivity contribution >= 4 is 27.0 Å². The summed E-state index contributed by atoms with van der Waals surface area (Å²) in [6.07, 6.45) is 0. The molecular weight excluding hydrogens is 390 g/mol. The van der Waals surface area contributed by atoms with Gasteiger partial charge in [0.25, 0.3) is 5.91 Å². The van der Waals surface area contributed by atoms with E-state index >= 15 is 0 Å². The van der Waals surface area contributed by atoms with E-state index in [1.165, 1.54) is 12.1 Å². The Morgan fingerprint density at radius 2 is 1.79 bits per heavy atom. The number of nitrogens with two attached hydrogens (primary N) is 1. The second-order valence-corrected chi connectivity index (χ2v) is 9.03. The van der Waals surface area contributed by atoms with E-state index in [0.29, 0.717) is 11.2 Å². The van der Waals surface area contributed by atoms with Gasteiger partial charge in [0.2, 0.25) is 10.0 Å². The zero-order valence-electron chi connectivity index (χ0n) is 17.1. The number of rotatable bonds is 5. The molecule has 1 amide bonds. The Balaban J connectivity index is 1.95. The van der Waals surface area contributed by atoms with Gasteiger partial charge in [0, 0.05) is 12.7 Å². The number of carbonyl (C=O) groups is 1. The first-order valence-electron chi connectivity index (χ1n) is 9.27. The summed E-state index contributed by atoms with van der Waals surface area (Å²) >= 11 is 0. The molecule has 1 atom stereocenters. The number of benzene rings is 1. The Hall–Kier alpha value is -2.78. The van der Waals surface area contributed by atoms with Crippen molar-refractivity contribution in [1.82, 2.24) is 20.1 Å². The SMILES string of the molecule is Cc1nn(C)c2nc(C(C)C)cc(C(=O)NC(C)c3ccc(S(N)(=O)=O)cc3)c12. The van der Waals surface area contributed by atoms with Gasteiger partial charge in [-0.05, 0) is 43.5 Å². The van der Waals surface area contributed by atoms with Gasteiger partial charge >= 0.3 is 0 Å². The summed E-state index contributed by atoms with van der Waals surface area (Å²) in [7, 11) is -1.95. The molecule has 3 aromatic rings. The topological polar surface area (TPSA) is 120 Å². The van der Waals surface area contributed by atoms with Gasteiger partial charge < -0.3 is 5.32 Å². The van der Waals surface area contributed by atoms with Gasteiger partial charge in [0.05, 0.1) is 27.6 Å². The van der Waals surface area contributed by atoms with Gasteiger partial charge in [-0.2, -0.15) is 5.10 Å². The Labute approximate surface area is 170 Å². The highest BCUT2D eigenvalue weighted by molar-refractivity contribution is 7.89. The van der Waals surface area contributed by atoms with Crippen LogP contribution in [0, 0.1) is 6.92 Å². The molecule has 8 nitrogen and oxygen atoms in total. The van der Waals surface area contributed by atoms with Gasteiger partial charge in [0.15, 0.2) is 5.65 Å². The van der Waals surface area contributed by atoms with Crippen LogP contribution in [-0.2, 0) is 17.1 Å². The van der Waals surface area contributed by atoms with Crippen molar-refractivity contribution in [2.75, 3.05) is 0 Å². The first-order chi connectivity index (χ1) is 13.5. The van der Waals surface area contributed by atoms with Crippen LogP contribution in [-0.4, -0.2) is 29.1 Å². The maximum Gasteiger partial charge on any atom is 0.252 e. The Morgan fingerprint density at radius 3 is 2.34 bits per heavy atom. The maximum atomic E-state index is 13.1. The zero-order valence-corrected chi connectivity index (χ0v) is 17.9. The van der Waals surface area contributed by atoms with Crippen molar-refractivity contribution in [3.63, 3.8) is 0 Å². The molecule has 1 unspecified atom stereocenters. The third-order valence-corrected chi connectivity index (χ3v) is 5.81. The van der Waals surface area contributed by atoms with Crippen molar-refractivity contribution in [2.24, 2.45) is 12.2 Å². The fourth-order valence-corrected chi connectivity index (χ4v) is 3.76. The summed E-state index contributed by atoms with van der Waals surface area (Å²) in [5, 5.41) is 13.3. The van der Waals surface area contributed by atoms with Crippen LogP contribution in [0.1, 0.15) is 60.0 Å². The number of hydrogen-bond acceptors (Lipinski definition) is 5. The summed E-state index contributed by atoms with van der Waals surface area (Å²) in [5.41, 5.74) is 3.51. The fourth-order valence-electron chi connectivity index (χ4n) is 3.24. The van der Waals surface area contributed by atoms with Crippen LogP contribution in [0.4, 0.5) is 0 Å². The predicted octanol–water partition coefficient (Wildman–Crippen LogP) is 2.54. The van der Waals surface area contributed by atoms with Crippen molar-refractivity contribution < 1.29 is 13.2 Å². The minimum absolute atomic E-state index is 0.0307. The number of primary sulfonamides is 1. The molecule has 29 heavy (non-hydrogen) atoms. The summed E-state index contributed by atoms with van der Waals surface area (Å²) < 4.78 is 24.5. The highest BCUT2D eigenvalue weighted by Gasteiger charge is 2.21. The highest BCUT2D eigenvalue weighted by atomic mass is 32.2. The number of aromatic nitrogens is 3. The molecule has 0 aliphatic heterocycles. The number of nitrogens with one attached hydrogen (secondary N) is 1. The number of pyridine rings is 1. The Morgan fingerprint density at radius 1 is 1.17 bits per heavy atom. The molecule has 0 saturated carbocycles. The summed E-state index contributed by atoms with van der Waals surface area (Å²) in [5.74, 6) is -0.0808. The number of carbonyl (C=O) groups excluding carboxylic acids is 1. The van der Waals surface area contributed by atoms with E-state index in [2.05, 4.69) is 15.4 Å². The highest BCUT2D eigenvalue weighted by Crippen LogP contribution is 2.25. The quantitative estimate of drug-likeness (QED) is 0.663. The fraction of sp³-hybridized carbons (Fsp3) is 0.350. The Bertz CT molecular complexity index is 1180. The van der Waals surface area contributed by atoms with E-state index in [0.717, 1.165) is 22.3 Å². The number of fused-ring (bicyclic) bond motifs is 1. The third kappa shape index (κ3) is 4.15. The van der Waals surface area contributed by atoms with Gasteiger partial charge in [-0.1, -0.05) is 26.0 Å². The molecule has 0 radical (unpaired) electrons. The molecular formula is C20H25N5O3S. The van der Waals surface area contributed by atoms with Crippen LogP contribution >= 0.6 is 0 Å². The predicted molar refractivity (Wildman–Crippen MR) is 111 cm³/mol. The lowest BCUT2D eigenvalue weighted by Crippen LogP contribution is -2.27. The molecule has 0 spiro atoms. The smallest absolute Gasteiger partial charge is 0.252 e. The average Bonchev–Trinajstić information content (AvgIpc) is 2.94. The number of amides is 1. The summed E-state index contributed by atoms with van der Waals surface area (Å²) in [6, 6.07) is 7.62. The third-order valence-electron chi connectivity index (χ3n) is 4.88. The van der Waals surface area contributed by atoms with Gasteiger partial charge in [-0.25, -0.2) is 18.5 Å². The Kier molecular flexibility index (Phi) is 5.46. The van der Waals surface area contributed by atoms with Crippen LogP contribution in [0.15, 0.2) is 35.2 Å². The van der Waals surface area contributed by atoms with E-state index in [4.69, 9.17) is 5.14 Å². The second kappa shape index (κ2) is 7.57. The molecule has 0 saturated heterocycles. The maximum absolute atomic E-state index is 13.1. The summed E-state index contributed by atoms with van der Waals surface area (Å²) in [4.78, 5) is 17.8. The molecule has 0 aliphatic carbocycles. The van der Waals surface area contributed by atoms with Crippen LogP contribution in [0.5, 0.6) is 0 Å². The average molecular weight is 416 g/mol. The van der Waals surface area contributed by atoms with Gasteiger partial charge in [0.1, 0.15) is 0 Å². The van der Waals surface area contributed by atoms with Crippen LogP contribution in [0.2, 0.25) is 0 Å². The number of aryl methyl sites for hydroxylation is 2. The van der Waals surface area contributed by atoms with E-state index in [9.17, 15) is 13.2 Å². The van der Waals surface area contributed by atoms with Crippen LogP contribution in [0.3, 0.4) is 0 Å². The summed E-state index contributed by atoms with van der Waals surface area (Å²) in [6.45, 7) is 7.73. The lowest BCUT2D eigenvalue weighted by molar-refractivity contribution is 0.0941. The minimum atomic E-state index is -3.75. The van der Waals surface area contributed by atoms with E-state index < -0.39 is 10.0 Å². The first kappa shape index (κ1) is 20.9. The van der Waals surface area contributed by atoms with Crippen molar-refractivity contribution in [1.29, 1.82) is 0 Å². The standard InChI is InChI=1S/C20H25N5O3S/c1-11(2)17-10-16(18-13(4)24-25(5)19(18)23-17)20(26)22-12(3)14-6-8-15(9-7-14)29(21,27)28/h6-12H,1-5H3,(H,22,26)(H2,21,27,28). The van der Waals surface area contributed by atoms with Crippen LogP contribution < -0.4 is 10.5 Å². The molecule has 0 bridgehead atoms. The molecule has 9 heteroatoms. The van der Waals surface area contributed by atoms with E-state index in [1.807, 2.05) is 40.8 Å². The lowest BCUT2D eigenvalue weighted by atomic mass is 10.0. The van der Waals surface area contributed by atoms with E-state index in [1.54, 1.807) is 16.8 Å².